The maximum absolute atomic E-state index is 13.8. The minimum atomic E-state index is -0.389. The average molecular weight is 496 g/mol. The second-order valence-corrected chi connectivity index (χ2v) is 9.72. The van der Waals surface area contributed by atoms with E-state index >= 15 is 0 Å². The Morgan fingerprint density at radius 2 is 1.92 bits per heavy atom. The minimum Gasteiger partial charge on any atom is -0.490 e. The van der Waals surface area contributed by atoms with Crippen molar-refractivity contribution in [2.75, 3.05) is 19.0 Å². The van der Waals surface area contributed by atoms with Crippen LogP contribution in [0.3, 0.4) is 0 Å². The van der Waals surface area contributed by atoms with Gasteiger partial charge in [0.15, 0.2) is 0 Å². The van der Waals surface area contributed by atoms with Gasteiger partial charge in [-0.05, 0) is 49.9 Å². The lowest BCUT2D eigenvalue weighted by Crippen LogP contribution is -2.53. The maximum atomic E-state index is 13.8. The lowest BCUT2D eigenvalue weighted by Gasteiger charge is -2.42. The van der Waals surface area contributed by atoms with Gasteiger partial charge in [0, 0.05) is 30.8 Å². The Bertz CT molecular complexity index is 1170. The summed E-state index contributed by atoms with van der Waals surface area (Å²) in [5, 5.41) is 5.64. The molecule has 3 atom stereocenters. The molecule has 190 valence electrons. The molecule has 0 spiro atoms. The van der Waals surface area contributed by atoms with Gasteiger partial charge >= 0.3 is 0 Å². The molecule has 1 saturated heterocycles. The second kappa shape index (κ2) is 10.3. The van der Waals surface area contributed by atoms with Gasteiger partial charge in [-0.1, -0.05) is 18.2 Å². The van der Waals surface area contributed by atoms with Crippen molar-refractivity contribution in [2.45, 2.75) is 56.9 Å². The molecule has 3 amide bonds. The largest absolute Gasteiger partial charge is 0.490 e. The van der Waals surface area contributed by atoms with E-state index in [1.165, 1.54) is 6.07 Å². The number of ether oxygens (including phenoxy) is 2. The van der Waals surface area contributed by atoms with Crippen molar-refractivity contribution in [3.05, 3.63) is 59.4 Å². The monoisotopic (exact) mass is 495 g/mol. The molecule has 2 heterocycles. The van der Waals surface area contributed by atoms with Crippen LogP contribution in [0, 0.1) is 11.7 Å². The summed E-state index contributed by atoms with van der Waals surface area (Å²) < 4.78 is 26.0. The third kappa shape index (κ3) is 5.36. The zero-order chi connectivity index (χ0) is 25.2. The van der Waals surface area contributed by atoms with Crippen molar-refractivity contribution in [3.63, 3.8) is 0 Å². The van der Waals surface area contributed by atoms with Crippen LogP contribution in [0.15, 0.2) is 42.5 Å². The normalized spacial score (nSPS) is 23.4. The van der Waals surface area contributed by atoms with E-state index in [1.54, 1.807) is 48.3 Å². The SMILES string of the molecule is CN1C(=O)c2cc(NC(=O)C3CC3)ccc2OC[C@H]2O[C@@H](CC(=O)NCc3ccccc3F)CC[C@H]21. The number of anilines is 1. The molecule has 2 aromatic rings. The summed E-state index contributed by atoms with van der Waals surface area (Å²) in [6.07, 6.45) is 2.51. The molecule has 9 heteroatoms. The van der Waals surface area contributed by atoms with E-state index in [9.17, 15) is 18.8 Å². The van der Waals surface area contributed by atoms with Gasteiger partial charge in [-0.25, -0.2) is 4.39 Å². The Labute approximate surface area is 209 Å². The quantitative estimate of drug-likeness (QED) is 0.641. The van der Waals surface area contributed by atoms with Gasteiger partial charge in [0.1, 0.15) is 24.3 Å². The van der Waals surface area contributed by atoms with Crippen LogP contribution in [0.2, 0.25) is 0 Å². The Morgan fingerprint density at radius 3 is 2.69 bits per heavy atom. The van der Waals surface area contributed by atoms with Gasteiger partial charge in [0.05, 0.1) is 24.1 Å². The zero-order valence-corrected chi connectivity index (χ0v) is 20.2. The fraction of sp³-hybridized carbons (Fsp3) is 0.444. The Balaban J connectivity index is 1.21. The Hall–Kier alpha value is -3.46. The van der Waals surface area contributed by atoms with Crippen LogP contribution in [0.1, 0.15) is 48.0 Å². The van der Waals surface area contributed by atoms with Crippen LogP contribution in [0.4, 0.5) is 10.1 Å². The summed E-state index contributed by atoms with van der Waals surface area (Å²) in [7, 11) is 1.75. The molecule has 0 bridgehead atoms. The van der Waals surface area contributed by atoms with Crippen molar-refractivity contribution >= 4 is 23.4 Å². The molecule has 36 heavy (non-hydrogen) atoms. The summed E-state index contributed by atoms with van der Waals surface area (Å²) in [5.74, 6) is -0.297. The lowest BCUT2D eigenvalue weighted by atomic mass is 9.94. The minimum absolute atomic E-state index is 0.0211. The van der Waals surface area contributed by atoms with Crippen molar-refractivity contribution in [3.8, 4) is 5.75 Å². The molecule has 1 aliphatic carbocycles. The van der Waals surface area contributed by atoms with Crippen LogP contribution in [-0.2, 0) is 20.9 Å². The highest BCUT2D eigenvalue weighted by molar-refractivity contribution is 6.00. The van der Waals surface area contributed by atoms with E-state index in [1.807, 2.05) is 0 Å². The smallest absolute Gasteiger partial charge is 0.257 e. The first kappa shape index (κ1) is 24.2. The number of hydrogen-bond acceptors (Lipinski definition) is 5. The molecular weight excluding hydrogens is 465 g/mol. The maximum Gasteiger partial charge on any atom is 0.257 e. The summed E-state index contributed by atoms with van der Waals surface area (Å²) >= 11 is 0. The topological polar surface area (TPSA) is 97.0 Å². The van der Waals surface area contributed by atoms with E-state index in [0.717, 1.165) is 12.8 Å². The van der Waals surface area contributed by atoms with Crippen LogP contribution in [0.25, 0.3) is 0 Å². The molecule has 0 aromatic heterocycles. The molecule has 0 unspecified atom stereocenters. The first-order valence-corrected chi connectivity index (χ1v) is 12.4. The van der Waals surface area contributed by atoms with E-state index in [2.05, 4.69) is 10.6 Å². The summed E-state index contributed by atoms with van der Waals surface area (Å²) in [4.78, 5) is 39.6. The highest BCUT2D eigenvalue weighted by Crippen LogP contribution is 2.34. The number of likely N-dealkylation sites (N-methyl/N-ethyl adjacent to an activating group) is 1. The van der Waals surface area contributed by atoms with Gasteiger partial charge in [-0.15, -0.1) is 0 Å². The predicted molar refractivity (Wildman–Crippen MR) is 130 cm³/mol. The summed E-state index contributed by atoms with van der Waals surface area (Å²) in [5.41, 5.74) is 1.41. The van der Waals surface area contributed by atoms with Crippen molar-refractivity contribution in [1.29, 1.82) is 0 Å². The molecule has 2 aromatic carbocycles. The number of halogens is 1. The standard InChI is InChI=1S/C27H30FN3O5/c1-31-22-10-9-19(13-25(32)29-14-17-4-2-3-5-21(17)28)36-24(22)15-35-23-11-8-18(12-20(23)27(31)34)30-26(33)16-6-7-16/h2-5,8,11-12,16,19,22,24H,6-7,9-10,13-15H2,1H3,(H,29,32)(H,30,33)/t19-,22-,24-/m1/s1. The molecule has 3 aliphatic rings. The number of hydrogen-bond donors (Lipinski definition) is 2. The van der Waals surface area contributed by atoms with Gasteiger partial charge in [-0.3, -0.25) is 14.4 Å². The highest BCUT2D eigenvalue weighted by Gasteiger charge is 2.39. The molecular formula is C27H30FN3O5. The average Bonchev–Trinajstić information content (AvgIpc) is 3.72. The fourth-order valence-corrected chi connectivity index (χ4v) is 4.81. The number of benzene rings is 2. The van der Waals surface area contributed by atoms with E-state index < -0.39 is 0 Å². The van der Waals surface area contributed by atoms with Crippen molar-refractivity contribution in [2.24, 2.45) is 5.92 Å². The molecule has 2 aliphatic heterocycles. The molecule has 5 rings (SSSR count). The van der Waals surface area contributed by atoms with E-state index in [-0.39, 0.29) is 67.3 Å². The fourth-order valence-electron chi connectivity index (χ4n) is 4.81. The van der Waals surface area contributed by atoms with Gasteiger partial charge in [0.2, 0.25) is 11.8 Å². The number of fused-ring (bicyclic) bond motifs is 2. The molecule has 2 fully saturated rings. The van der Waals surface area contributed by atoms with E-state index in [0.29, 0.717) is 35.4 Å². The van der Waals surface area contributed by atoms with Crippen LogP contribution in [-0.4, -0.2) is 54.5 Å². The third-order valence-corrected chi connectivity index (χ3v) is 7.07. The molecule has 8 nitrogen and oxygen atoms in total. The number of carbonyl (C=O) groups excluding carboxylic acids is 3. The van der Waals surface area contributed by atoms with Gasteiger partial charge < -0.3 is 25.0 Å². The Morgan fingerprint density at radius 1 is 1.11 bits per heavy atom. The number of nitrogens with one attached hydrogen (secondary N) is 2. The molecule has 1 saturated carbocycles. The zero-order valence-electron chi connectivity index (χ0n) is 20.2. The van der Waals surface area contributed by atoms with Gasteiger partial charge in [0.25, 0.3) is 5.91 Å². The number of carbonyl (C=O) groups is 3. The summed E-state index contributed by atoms with van der Waals surface area (Å²) in [6, 6.07) is 11.2. The van der Waals surface area contributed by atoms with Crippen LogP contribution >= 0.6 is 0 Å². The number of rotatable bonds is 6. The van der Waals surface area contributed by atoms with Gasteiger partial charge in [-0.2, -0.15) is 0 Å². The van der Waals surface area contributed by atoms with Crippen LogP contribution in [0.5, 0.6) is 5.75 Å². The number of amides is 3. The number of nitrogens with zero attached hydrogens (tertiary/aromatic N) is 1. The first-order valence-electron chi connectivity index (χ1n) is 12.4. The molecule has 0 radical (unpaired) electrons. The molecule has 2 N–H and O–H groups in total. The van der Waals surface area contributed by atoms with Crippen molar-refractivity contribution < 1.29 is 28.2 Å². The lowest BCUT2D eigenvalue weighted by molar-refractivity contribution is -0.134. The first-order chi connectivity index (χ1) is 17.4. The summed E-state index contributed by atoms with van der Waals surface area (Å²) in [6.45, 7) is 0.348. The predicted octanol–water partition coefficient (Wildman–Crippen LogP) is 3.26. The van der Waals surface area contributed by atoms with E-state index in [4.69, 9.17) is 9.47 Å². The third-order valence-electron chi connectivity index (χ3n) is 7.07. The Kier molecular flexibility index (Phi) is 6.91. The highest BCUT2D eigenvalue weighted by atomic mass is 19.1. The van der Waals surface area contributed by atoms with Crippen molar-refractivity contribution in [1.82, 2.24) is 10.2 Å². The second-order valence-electron chi connectivity index (χ2n) is 9.72. The van der Waals surface area contributed by atoms with Crippen LogP contribution < -0.4 is 15.4 Å².